The number of nitrogens with two attached hydrogens (primary N) is 1. The Morgan fingerprint density at radius 3 is 2.93 bits per heavy atom. The smallest absolute Gasteiger partial charge is 0.225 e. The van der Waals surface area contributed by atoms with Gasteiger partial charge in [-0.2, -0.15) is 0 Å². The first-order chi connectivity index (χ1) is 6.58. The van der Waals surface area contributed by atoms with Gasteiger partial charge < -0.3 is 11.1 Å². The van der Waals surface area contributed by atoms with Crippen molar-refractivity contribution in [2.45, 2.75) is 25.8 Å². The summed E-state index contributed by atoms with van der Waals surface area (Å²) in [5.74, 6) is -0.0131. The summed E-state index contributed by atoms with van der Waals surface area (Å²) in [6.07, 6.45) is 1.15. The molecule has 0 radical (unpaired) electrons. The molecule has 1 aromatic rings. The van der Waals surface area contributed by atoms with Crippen LogP contribution in [-0.2, 0) is 4.79 Å². The van der Waals surface area contributed by atoms with Crippen molar-refractivity contribution in [2.24, 2.45) is 5.73 Å². The van der Waals surface area contributed by atoms with E-state index in [0.717, 1.165) is 5.00 Å². The third-order valence-electron chi connectivity index (χ3n) is 1.66. The number of rotatable bonds is 4. The van der Waals surface area contributed by atoms with Gasteiger partial charge in [0.05, 0.1) is 9.34 Å². The summed E-state index contributed by atoms with van der Waals surface area (Å²) in [5, 5.41) is 3.54. The lowest BCUT2D eigenvalue weighted by molar-refractivity contribution is -0.116. The zero-order chi connectivity index (χ0) is 10.6. The first-order valence-corrected chi connectivity index (χ1v) is 5.58. The Labute approximate surface area is 92.3 Å². The van der Waals surface area contributed by atoms with Gasteiger partial charge >= 0.3 is 0 Å². The molecule has 0 bridgehead atoms. The first kappa shape index (κ1) is 11.5. The maximum Gasteiger partial charge on any atom is 0.225 e. The predicted octanol–water partition coefficient (Wildman–Crippen LogP) is 2.47. The van der Waals surface area contributed by atoms with Crippen molar-refractivity contribution in [3.8, 4) is 0 Å². The topological polar surface area (TPSA) is 55.1 Å². The van der Waals surface area contributed by atoms with Crippen molar-refractivity contribution >= 4 is 33.8 Å². The van der Waals surface area contributed by atoms with Crippen LogP contribution in [0.1, 0.15) is 19.8 Å². The van der Waals surface area contributed by atoms with Crippen LogP contribution in [0.2, 0.25) is 4.34 Å². The Kier molecular flexibility index (Phi) is 4.38. The van der Waals surface area contributed by atoms with E-state index in [1.807, 2.05) is 6.92 Å². The molecule has 0 saturated heterocycles. The largest absolute Gasteiger partial charge is 0.328 e. The van der Waals surface area contributed by atoms with Crippen molar-refractivity contribution in [3.05, 3.63) is 16.5 Å². The number of carbonyl (C=O) groups excluding carboxylic acids is 1. The lowest BCUT2D eigenvalue weighted by Gasteiger charge is -2.04. The second-order valence-electron chi connectivity index (χ2n) is 3.17. The molecule has 0 aromatic carbocycles. The molecule has 78 valence electrons. The van der Waals surface area contributed by atoms with Crippen LogP contribution in [0.4, 0.5) is 5.00 Å². The summed E-state index contributed by atoms with van der Waals surface area (Å²) < 4.78 is 0.674. The molecule has 0 fully saturated rings. The number of thiophene rings is 1. The Morgan fingerprint density at radius 2 is 2.43 bits per heavy atom. The first-order valence-electron chi connectivity index (χ1n) is 4.38. The van der Waals surface area contributed by atoms with Gasteiger partial charge in [-0.3, -0.25) is 4.79 Å². The fraction of sp³-hybridized carbons (Fsp3) is 0.444. The molecule has 1 rings (SSSR count). The number of hydrogen-bond acceptors (Lipinski definition) is 3. The van der Waals surface area contributed by atoms with Crippen LogP contribution in [0, 0.1) is 0 Å². The van der Waals surface area contributed by atoms with Crippen molar-refractivity contribution in [1.82, 2.24) is 0 Å². The molecule has 1 amide bonds. The molecule has 0 aliphatic heterocycles. The highest BCUT2D eigenvalue weighted by Gasteiger charge is 2.05. The fourth-order valence-corrected chi connectivity index (χ4v) is 1.90. The second-order valence-corrected chi connectivity index (χ2v) is 4.88. The van der Waals surface area contributed by atoms with E-state index in [9.17, 15) is 4.79 Å². The van der Waals surface area contributed by atoms with Crippen molar-refractivity contribution in [1.29, 1.82) is 0 Å². The zero-order valence-corrected chi connectivity index (χ0v) is 9.49. The maximum atomic E-state index is 11.3. The lowest BCUT2D eigenvalue weighted by atomic mass is 10.2. The number of carbonyl (C=O) groups is 1. The molecule has 3 N–H and O–H groups in total. The SMILES string of the molecule is CC(N)CCC(=O)Nc1ccc(Cl)s1. The fourth-order valence-electron chi connectivity index (χ4n) is 0.940. The standard InChI is InChI=1S/C9H13ClN2OS/c1-6(11)2-4-8(13)12-9-5-3-7(10)14-9/h3,5-6H,2,4,11H2,1H3,(H,12,13). The van der Waals surface area contributed by atoms with Gasteiger partial charge in [0.25, 0.3) is 0 Å². The highest BCUT2D eigenvalue weighted by atomic mass is 35.5. The second kappa shape index (κ2) is 5.34. The van der Waals surface area contributed by atoms with E-state index in [-0.39, 0.29) is 11.9 Å². The minimum Gasteiger partial charge on any atom is -0.328 e. The Bertz CT molecular complexity index is 312. The minimum absolute atomic E-state index is 0.0131. The summed E-state index contributed by atoms with van der Waals surface area (Å²) in [5.41, 5.74) is 5.54. The Morgan fingerprint density at radius 1 is 1.71 bits per heavy atom. The molecule has 1 unspecified atom stereocenters. The van der Waals surface area contributed by atoms with Gasteiger partial charge in [0.15, 0.2) is 0 Å². The third kappa shape index (κ3) is 4.09. The summed E-state index contributed by atoms with van der Waals surface area (Å²) in [7, 11) is 0. The van der Waals surface area contributed by atoms with Gasteiger partial charge in [-0.1, -0.05) is 11.6 Å². The molecule has 1 aromatic heterocycles. The van der Waals surface area contributed by atoms with Crippen LogP contribution in [0.3, 0.4) is 0 Å². The predicted molar refractivity (Wildman–Crippen MR) is 60.8 cm³/mol. The van der Waals surface area contributed by atoms with Crippen LogP contribution >= 0.6 is 22.9 Å². The van der Waals surface area contributed by atoms with E-state index in [2.05, 4.69) is 5.32 Å². The molecule has 0 aliphatic carbocycles. The van der Waals surface area contributed by atoms with Crippen molar-refractivity contribution < 1.29 is 4.79 Å². The number of halogens is 1. The minimum atomic E-state index is -0.0131. The van der Waals surface area contributed by atoms with Crippen molar-refractivity contribution in [3.63, 3.8) is 0 Å². The van der Waals surface area contributed by atoms with E-state index in [1.54, 1.807) is 12.1 Å². The quantitative estimate of drug-likeness (QED) is 0.838. The summed E-state index contributed by atoms with van der Waals surface area (Å²) in [6, 6.07) is 3.61. The molecule has 0 spiro atoms. The Balaban J connectivity index is 2.34. The van der Waals surface area contributed by atoms with Crippen LogP contribution in [0.15, 0.2) is 12.1 Å². The van der Waals surface area contributed by atoms with E-state index in [0.29, 0.717) is 17.2 Å². The average Bonchev–Trinajstić information content (AvgIpc) is 2.48. The van der Waals surface area contributed by atoms with E-state index in [1.165, 1.54) is 11.3 Å². The monoisotopic (exact) mass is 232 g/mol. The molecule has 0 saturated carbocycles. The lowest BCUT2D eigenvalue weighted by Crippen LogP contribution is -2.19. The normalized spacial score (nSPS) is 12.5. The van der Waals surface area contributed by atoms with E-state index in [4.69, 9.17) is 17.3 Å². The van der Waals surface area contributed by atoms with E-state index >= 15 is 0 Å². The Hall–Kier alpha value is -0.580. The van der Waals surface area contributed by atoms with Crippen LogP contribution in [-0.4, -0.2) is 11.9 Å². The van der Waals surface area contributed by atoms with Crippen LogP contribution in [0.25, 0.3) is 0 Å². The molecule has 5 heteroatoms. The van der Waals surface area contributed by atoms with Crippen LogP contribution < -0.4 is 11.1 Å². The number of amides is 1. The molecular formula is C9H13ClN2OS. The molecule has 0 aliphatic rings. The van der Waals surface area contributed by atoms with Gasteiger partial charge in [-0.05, 0) is 25.5 Å². The maximum absolute atomic E-state index is 11.3. The van der Waals surface area contributed by atoms with E-state index < -0.39 is 0 Å². The van der Waals surface area contributed by atoms with Crippen molar-refractivity contribution in [2.75, 3.05) is 5.32 Å². The highest BCUT2D eigenvalue weighted by molar-refractivity contribution is 7.20. The number of anilines is 1. The zero-order valence-electron chi connectivity index (χ0n) is 7.92. The summed E-state index contributed by atoms with van der Waals surface area (Å²) in [6.45, 7) is 1.88. The molecule has 3 nitrogen and oxygen atoms in total. The number of hydrogen-bond donors (Lipinski definition) is 2. The van der Waals surface area contributed by atoms with Gasteiger partial charge in [-0.15, -0.1) is 11.3 Å². The summed E-state index contributed by atoms with van der Waals surface area (Å²) in [4.78, 5) is 11.3. The molecule has 14 heavy (non-hydrogen) atoms. The van der Waals surface area contributed by atoms with Gasteiger partial charge in [0.2, 0.25) is 5.91 Å². The third-order valence-corrected chi connectivity index (χ3v) is 2.81. The highest BCUT2D eigenvalue weighted by Crippen LogP contribution is 2.25. The summed E-state index contributed by atoms with van der Waals surface area (Å²) >= 11 is 7.07. The van der Waals surface area contributed by atoms with Gasteiger partial charge in [0.1, 0.15) is 0 Å². The molecule has 1 heterocycles. The van der Waals surface area contributed by atoms with Crippen LogP contribution in [0.5, 0.6) is 0 Å². The molecule has 1 atom stereocenters. The number of nitrogens with one attached hydrogen (secondary N) is 1. The van der Waals surface area contributed by atoms with Gasteiger partial charge in [-0.25, -0.2) is 0 Å². The molecular weight excluding hydrogens is 220 g/mol. The van der Waals surface area contributed by atoms with Gasteiger partial charge in [0, 0.05) is 12.5 Å². The average molecular weight is 233 g/mol.